The lowest BCUT2D eigenvalue weighted by atomic mass is 9.43. The molecule has 6 rings (SSSR count). The Kier molecular flexibility index (Phi) is 4.88. The van der Waals surface area contributed by atoms with Crippen molar-refractivity contribution >= 4 is 11.6 Å². The van der Waals surface area contributed by atoms with Crippen LogP contribution in [0.15, 0.2) is 0 Å². The van der Waals surface area contributed by atoms with Gasteiger partial charge in [0.1, 0.15) is 11.9 Å². The van der Waals surface area contributed by atoms with E-state index in [0.717, 1.165) is 19.3 Å². The van der Waals surface area contributed by atoms with Crippen LogP contribution in [0.2, 0.25) is 0 Å². The summed E-state index contributed by atoms with van der Waals surface area (Å²) in [4.78, 5) is 26.6. The van der Waals surface area contributed by atoms with Gasteiger partial charge < -0.3 is 19.7 Å². The molecule has 2 N–H and O–H groups in total. The van der Waals surface area contributed by atoms with Crippen molar-refractivity contribution in [3.63, 3.8) is 0 Å². The molecule has 2 heterocycles. The molecular weight excluding hydrogens is 420 g/mol. The molecule has 13 atom stereocenters. The number of rotatable bonds is 0. The Labute approximate surface area is 196 Å². The number of aliphatic hydroxyl groups is 2. The predicted molar refractivity (Wildman–Crippen MR) is 120 cm³/mol. The van der Waals surface area contributed by atoms with Crippen molar-refractivity contribution < 1.29 is 29.3 Å². The van der Waals surface area contributed by atoms with Gasteiger partial charge in [0.05, 0.1) is 18.8 Å². The summed E-state index contributed by atoms with van der Waals surface area (Å²) >= 11 is 0. The van der Waals surface area contributed by atoms with E-state index in [2.05, 4.69) is 27.7 Å². The van der Waals surface area contributed by atoms with Gasteiger partial charge in [0, 0.05) is 36.5 Å². The largest absolute Gasteiger partial charge is 0.393 e. The van der Waals surface area contributed by atoms with Crippen molar-refractivity contribution in [2.24, 2.45) is 52.3 Å². The number of ketones is 2. The first-order valence-corrected chi connectivity index (χ1v) is 13.2. The Morgan fingerprint density at radius 2 is 1.76 bits per heavy atom. The van der Waals surface area contributed by atoms with Gasteiger partial charge in [0.2, 0.25) is 0 Å². The highest BCUT2D eigenvalue weighted by molar-refractivity contribution is 5.88. The van der Waals surface area contributed by atoms with E-state index in [1.165, 1.54) is 0 Å². The van der Waals surface area contributed by atoms with Crippen LogP contribution < -0.4 is 0 Å². The zero-order chi connectivity index (χ0) is 23.5. The Bertz CT molecular complexity index is 863. The molecule has 0 aromatic carbocycles. The highest BCUT2D eigenvalue weighted by atomic mass is 16.7. The fourth-order valence-electron chi connectivity index (χ4n) is 9.84. The van der Waals surface area contributed by atoms with Crippen molar-refractivity contribution in [1.82, 2.24) is 0 Å². The third kappa shape index (κ3) is 2.81. The molecule has 4 saturated carbocycles. The maximum atomic E-state index is 14.0. The first-order chi connectivity index (χ1) is 15.5. The second-order valence-electron chi connectivity index (χ2n) is 13.1. The number of aliphatic hydroxyl groups excluding tert-OH is 2. The summed E-state index contributed by atoms with van der Waals surface area (Å²) < 4.78 is 13.1. The molecule has 6 heteroatoms. The monoisotopic (exact) mass is 460 g/mol. The third-order valence-corrected chi connectivity index (χ3v) is 11.6. The van der Waals surface area contributed by atoms with Gasteiger partial charge in [-0.25, -0.2) is 0 Å². The van der Waals surface area contributed by atoms with E-state index in [4.69, 9.17) is 9.47 Å². The summed E-state index contributed by atoms with van der Waals surface area (Å²) in [5, 5.41) is 21.4. The molecule has 6 aliphatic rings. The smallest absolute Gasteiger partial charge is 0.171 e. The molecule has 6 fully saturated rings. The van der Waals surface area contributed by atoms with Crippen molar-refractivity contribution in [3.8, 4) is 0 Å². The predicted octanol–water partition coefficient (Wildman–Crippen LogP) is 3.12. The molecule has 0 amide bonds. The van der Waals surface area contributed by atoms with Crippen LogP contribution in [-0.4, -0.2) is 52.5 Å². The van der Waals surface area contributed by atoms with Crippen LogP contribution >= 0.6 is 0 Å². The van der Waals surface area contributed by atoms with Gasteiger partial charge in [0.15, 0.2) is 11.6 Å². The number of hydrogen-bond donors (Lipinski definition) is 2. The molecule has 0 radical (unpaired) electrons. The molecule has 13 unspecified atom stereocenters. The lowest BCUT2D eigenvalue weighted by Gasteiger charge is -2.61. The van der Waals surface area contributed by atoms with Crippen LogP contribution in [0.3, 0.4) is 0 Å². The third-order valence-electron chi connectivity index (χ3n) is 11.6. The van der Waals surface area contributed by atoms with Gasteiger partial charge in [-0.15, -0.1) is 0 Å². The van der Waals surface area contributed by atoms with Gasteiger partial charge in [-0.1, -0.05) is 27.7 Å². The highest BCUT2D eigenvalue weighted by Gasteiger charge is 2.72. The maximum Gasteiger partial charge on any atom is 0.171 e. The molecular formula is C27H40O6. The summed E-state index contributed by atoms with van der Waals surface area (Å²) in [5.41, 5.74) is -0.897. The molecule has 2 aliphatic heterocycles. The molecule has 2 saturated heterocycles. The van der Waals surface area contributed by atoms with E-state index in [1.807, 2.05) is 0 Å². The zero-order valence-corrected chi connectivity index (χ0v) is 20.5. The average Bonchev–Trinajstić information content (AvgIpc) is 3.20. The molecule has 4 aliphatic carbocycles. The summed E-state index contributed by atoms with van der Waals surface area (Å²) in [5.74, 6) is 0.802. The maximum absolute atomic E-state index is 14.0. The fraction of sp³-hybridized carbons (Fsp3) is 0.926. The standard InChI is InChI=1S/C27H40O6/c1-13-5-6-27(32-12-13)14(2)24-22(33-27)9-17-15-7-19(28)18-8-20(29)21(30)11-25(18,3)16(15)10-23(31)26(17,24)4/h13-20,22,24,28-29H,5-12H2,1-4H3. The molecule has 0 bridgehead atoms. The minimum atomic E-state index is -0.978. The summed E-state index contributed by atoms with van der Waals surface area (Å²) in [7, 11) is 0. The van der Waals surface area contributed by atoms with Crippen molar-refractivity contribution in [2.75, 3.05) is 6.61 Å². The van der Waals surface area contributed by atoms with E-state index < -0.39 is 28.8 Å². The van der Waals surface area contributed by atoms with Crippen LogP contribution in [0.5, 0.6) is 0 Å². The van der Waals surface area contributed by atoms with Gasteiger partial charge in [-0.05, 0) is 60.7 Å². The molecule has 0 aromatic heterocycles. The lowest BCUT2D eigenvalue weighted by Crippen LogP contribution is -2.62. The quantitative estimate of drug-likeness (QED) is 0.577. The van der Waals surface area contributed by atoms with Crippen LogP contribution in [0.4, 0.5) is 0 Å². The lowest BCUT2D eigenvalue weighted by molar-refractivity contribution is -0.272. The van der Waals surface area contributed by atoms with Gasteiger partial charge in [0.25, 0.3) is 0 Å². The minimum Gasteiger partial charge on any atom is -0.393 e. The van der Waals surface area contributed by atoms with Gasteiger partial charge >= 0.3 is 0 Å². The molecule has 6 nitrogen and oxygen atoms in total. The summed E-state index contributed by atoms with van der Waals surface area (Å²) in [6.07, 6.45) is 3.04. The van der Waals surface area contributed by atoms with E-state index in [1.54, 1.807) is 0 Å². The topological polar surface area (TPSA) is 93.1 Å². The van der Waals surface area contributed by atoms with Crippen molar-refractivity contribution in [1.29, 1.82) is 0 Å². The summed E-state index contributed by atoms with van der Waals surface area (Å²) in [6.45, 7) is 9.42. The first-order valence-electron chi connectivity index (χ1n) is 13.2. The molecule has 1 spiro atoms. The van der Waals surface area contributed by atoms with Gasteiger partial charge in [-0.3, -0.25) is 9.59 Å². The number of Topliss-reactive ketones (excluding diaryl/α,β-unsaturated/α-hetero) is 2. The Morgan fingerprint density at radius 1 is 1.00 bits per heavy atom. The highest BCUT2D eigenvalue weighted by Crippen LogP contribution is 2.70. The van der Waals surface area contributed by atoms with E-state index >= 15 is 0 Å². The SMILES string of the molecule is CC1CCC2(OC1)OC1CC3C4CC(O)C5CC(O)C(=O)CC5(C)C4CC(=O)C3(C)C1C2C. The Hall–Kier alpha value is -0.820. The van der Waals surface area contributed by atoms with Crippen LogP contribution in [0.25, 0.3) is 0 Å². The average molecular weight is 461 g/mol. The molecule has 33 heavy (non-hydrogen) atoms. The fourth-order valence-corrected chi connectivity index (χ4v) is 9.84. The normalized spacial score (nSPS) is 60.3. The molecule has 184 valence electrons. The van der Waals surface area contributed by atoms with Crippen LogP contribution in [0, 0.1) is 52.3 Å². The van der Waals surface area contributed by atoms with Crippen molar-refractivity contribution in [2.45, 2.75) is 96.7 Å². The number of hydrogen-bond acceptors (Lipinski definition) is 6. The minimum absolute atomic E-state index is 0.0172. The summed E-state index contributed by atoms with van der Waals surface area (Å²) in [6, 6.07) is 0. The molecule has 0 aromatic rings. The van der Waals surface area contributed by atoms with Crippen LogP contribution in [-0.2, 0) is 19.1 Å². The second-order valence-corrected chi connectivity index (χ2v) is 13.1. The number of carbonyl (C=O) groups is 2. The van der Waals surface area contributed by atoms with Crippen LogP contribution in [0.1, 0.15) is 72.6 Å². The Morgan fingerprint density at radius 3 is 2.45 bits per heavy atom. The first kappa shape index (κ1) is 22.6. The van der Waals surface area contributed by atoms with Crippen molar-refractivity contribution in [3.05, 3.63) is 0 Å². The van der Waals surface area contributed by atoms with E-state index in [9.17, 15) is 19.8 Å². The number of ether oxygens (including phenoxy) is 2. The number of carbonyl (C=O) groups excluding carboxylic acids is 2. The van der Waals surface area contributed by atoms with E-state index in [0.29, 0.717) is 37.6 Å². The second kappa shape index (κ2) is 7.11. The van der Waals surface area contributed by atoms with E-state index in [-0.39, 0.29) is 53.8 Å². The van der Waals surface area contributed by atoms with Gasteiger partial charge in [-0.2, -0.15) is 0 Å². The Balaban J connectivity index is 1.33. The zero-order valence-electron chi connectivity index (χ0n) is 20.5. The number of fused-ring (bicyclic) bond motifs is 7.